The molecule has 4 aliphatic carbocycles. The van der Waals surface area contributed by atoms with E-state index in [1.165, 1.54) is 21.1 Å². The summed E-state index contributed by atoms with van der Waals surface area (Å²) in [5.41, 5.74) is 4.69. The van der Waals surface area contributed by atoms with Gasteiger partial charge in [0.25, 0.3) is 0 Å². The molecule has 0 aromatic carbocycles. The number of aliphatic hydroxyl groups is 4. The molecule has 22 nitrogen and oxygen atoms in total. The number of aliphatic hydroxyl groups excluding tert-OH is 4. The molecule has 2 bridgehead atoms. The number of fused-ring (bicyclic) bond motifs is 4. The minimum atomic E-state index is -1.79. The van der Waals surface area contributed by atoms with Crippen LogP contribution in [-0.2, 0) is 71.2 Å². The highest BCUT2D eigenvalue weighted by Crippen LogP contribution is 2.61. The van der Waals surface area contributed by atoms with E-state index in [1.807, 2.05) is 52.8 Å². The van der Waals surface area contributed by atoms with Crippen LogP contribution in [0.3, 0.4) is 0 Å². The van der Waals surface area contributed by atoms with Gasteiger partial charge in [0.15, 0.2) is 30.8 Å². The molecular formula is C63H94N2O20. The zero-order valence-electron chi connectivity index (χ0n) is 51.8. The van der Waals surface area contributed by atoms with Gasteiger partial charge in [0.1, 0.15) is 36.3 Å². The average molecular weight is 1200 g/mol. The lowest BCUT2D eigenvalue weighted by molar-refractivity contribution is -0.335. The molecule has 1 amide bonds. The molecule has 0 aromatic heterocycles. The van der Waals surface area contributed by atoms with Crippen LogP contribution in [0.5, 0.6) is 0 Å². The van der Waals surface area contributed by atoms with E-state index >= 15 is 4.79 Å². The number of carbonyl (C=O) groups excluding carboxylic acids is 4. The maximum absolute atomic E-state index is 15.7. The second kappa shape index (κ2) is 25.8. The molecule has 476 valence electrons. The molecule has 1 spiro atoms. The maximum Gasteiger partial charge on any atom is 0.407 e. The van der Waals surface area contributed by atoms with E-state index in [0.717, 1.165) is 11.1 Å². The standard InChI is InChI=1S/C63H94N2O20/c1-28-15-18-44(81-49-26-61(11,64)56(36(9)80-49)65-60(73)75-14)29(2)20-39-21-38(27-76-37(10)66)32(5)25-63(39)58(71)50(59(72)85-63)57(70)62(12)41(28)17-16-40-51(62)30(3)19-31(4)53(40)83-48-24-45(52(69)33(6)77-48)82-46-23-43(68)55(35(8)79-46)84-47-22-42(67)54(74-13)34(7)78-47/h15-17,20-21,30-36,39-49,51-56,67-70H,18-19,22-27,64H2,1-14H3,(H,65,73)/b28-15+,29-20?,57-50?/t30-,31-,32+,33?,34?,35?,36?,39+,40-,41-,42?,43?,44-,45?,46?,47?,48?,49?,51+,52?,53-,54?,55?,56?,61?,62+,63-/m0/s1. The summed E-state index contributed by atoms with van der Waals surface area (Å²) in [6.07, 6.45) is -1.43. The number of amides is 1. The monoisotopic (exact) mass is 1200 g/mol. The molecule has 0 aromatic rings. The SMILES string of the molecule is COC(=O)NC1C(C)OC(O[C@H]2C/C=C(\C)[C@@H]3C=C[C@@H]4[C@@H](OC5CC(OC6CC(O)C(OC7CC(O)C(OC)C(C)O7)C(C)O6)C(O)C(C)O5)[C@@H](C)C[C@H](C)[C@H]4[C@]3(C)C(O)=C3C(=O)O[C@]4(C[C@@H](C)C(COC(C)=O)=C[C@H]4C=C2C)C3=O)CC1(C)N. The fourth-order valence-corrected chi connectivity index (χ4v) is 15.9. The third kappa shape index (κ3) is 12.9. The lowest BCUT2D eigenvalue weighted by Crippen LogP contribution is -2.66. The van der Waals surface area contributed by atoms with Crippen LogP contribution in [0.1, 0.15) is 128 Å². The summed E-state index contributed by atoms with van der Waals surface area (Å²) in [7, 11) is 2.79. The summed E-state index contributed by atoms with van der Waals surface area (Å²) in [5, 5.41) is 49.8. The van der Waals surface area contributed by atoms with Crippen LogP contribution in [-0.4, -0.2) is 181 Å². The van der Waals surface area contributed by atoms with Crippen molar-refractivity contribution in [2.45, 2.75) is 244 Å². The average Bonchev–Trinajstić information content (AvgIpc) is 1.71. The van der Waals surface area contributed by atoms with E-state index in [0.29, 0.717) is 18.4 Å². The van der Waals surface area contributed by atoms with Crippen molar-refractivity contribution in [3.05, 3.63) is 58.4 Å². The molecule has 0 radical (unpaired) electrons. The number of nitrogens with two attached hydrogens (primary N) is 1. The minimum Gasteiger partial charge on any atom is -0.511 e. The molecule has 22 heteroatoms. The lowest BCUT2D eigenvalue weighted by Gasteiger charge is -2.56. The van der Waals surface area contributed by atoms with Crippen molar-refractivity contribution in [2.75, 3.05) is 20.8 Å². The zero-order chi connectivity index (χ0) is 61.9. The van der Waals surface area contributed by atoms with Crippen LogP contribution in [0.2, 0.25) is 0 Å². The van der Waals surface area contributed by atoms with Gasteiger partial charge in [0, 0.05) is 74.8 Å². The van der Waals surface area contributed by atoms with Gasteiger partial charge in [0.2, 0.25) is 5.78 Å². The number of carbonyl (C=O) groups is 4. The van der Waals surface area contributed by atoms with E-state index in [2.05, 4.69) is 31.3 Å². The minimum absolute atomic E-state index is 0.0255. The highest BCUT2D eigenvalue weighted by atomic mass is 16.7. The van der Waals surface area contributed by atoms with Crippen LogP contribution in [0.4, 0.5) is 4.79 Å². The summed E-state index contributed by atoms with van der Waals surface area (Å²) < 4.78 is 74.0. The van der Waals surface area contributed by atoms with Crippen molar-refractivity contribution in [3.8, 4) is 0 Å². The zero-order valence-corrected chi connectivity index (χ0v) is 51.8. The first-order valence-electron chi connectivity index (χ1n) is 30.5. The van der Waals surface area contributed by atoms with Gasteiger partial charge in [-0.1, -0.05) is 63.6 Å². The smallest absolute Gasteiger partial charge is 0.407 e. The number of allylic oxidation sites excluding steroid dienone is 3. The molecule has 9 rings (SSSR count). The van der Waals surface area contributed by atoms with Crippen LogP contribution >= 0.6 is 0 Å². The Labute approximate surface area is 499 Å². The lowest BCUT2D eigenvalue weighted by atomic mass is 9.49. The number of methoxy groups -OCH3 is 2. The quantitative estimate of drug-likeness (QED) is 0.0580. The van der Waals surface area contributed by atoms with Crippen LogP contribution < -0.4 is 11.1 Å². The number of ether oxygens (including phenoxy) is 12. The summed E-state index contributed by atoms with van der Waals surface area (Å²) in [5.74, 6) is -5.23. The number of Topliss-reactive ketones (excluding diaryl/α,β-unsaturated/α-hetero) is 1. The molecule has 85 heavy (non-hydrogen) atoms. The van der Waals surface area contributed by atoms with E-state index in [-0.39, 0.29) is 62.2 Å². The molecule has 5 aliphatic heterocycles. The van der Waals surface area contributed by atoms with E-state index in [1.54, 1.807) is 27.7 Å². The second-order valence-corrected chi connectivity index (χ2v) is 26.5. The first kappa shape index (κ1) is 65.3. The van der Waals surface area contributed by atoms with Gasteiger partial charge in [-0.3, -0.25) is 9.59 Å². The summed E-state index contributed by atoms with van der Waals surface area (Å²) in [4.78, 5) is 55.1. The van der Waals surface area contributed by atoms with Crippen molar-refractivity contribution in [2.24, 2.45) is 52.6 Å². The number of nitrogens with one attached hydrogen (secondary N) is 1. The van der Waals surface area contributed by atoms with Gasteiger partial charge < -0.3 is 88.3 Å². The summed E-state index contributed by atoms with van der Waals surface area (Å²) in [6, 6.07) is -0.610. The molecule has 7 N–H and O–H groups in total. The van der Waals surface area contributed by atoms with Crippen molar-refractivity contribution >= 4 is 23.8 Å². The molecular weight excluding hydrogens is 1100 g/mol. The Morgan fingerprint density at radius 1 is 0.741 bits per heavy atom. The van der Waals surface area contributed by atoms with Gasteiger partial charge in [0.05, 0.1) is 68.1 Å². The van der Waals surface area contributed by atoms with Crippen LogP contribution in [0.15, 0.2) is 58.4 Å². The fraction of sp³-hybridized carbons (Fsp3) is 0.778. The summed E-state index contributed by atoms with van der Waals surface area (Å²) >= 11 is 0. The fourth-order valence-electron chi connectivity index (χ4n) is 15.9. The number of hydrogen-bond donors (Lipinski definition) is 6. The highest BCUT2D eigenvalue weighted by molar-refractivity contribution is 6.26. The molecule has 16 unspecified atom stereocenters. The molecule has 9 aliphatic rings. The van der Waals surface area contributed by atoms with Crippen molar-refractivity contribution in [1.82, 2.24) is 5.32 Å². The molecule has 27 atom stereocenters. The number of esters is 2. The Morgan fingerprint density at radius 3 is 2.00 bits per heavy atom. The van der Waals surface area contributed by atoms with Gasteiger partial charge in [-0.15, -0.1) is 0 Å². The molecule has 6 fully saturated rings. The summed E-state index contributed by atoms with van der Waals surface area (Å²) in [6.45, 7) is 22.1. The Morgan fingerprint density at radius 2 is 1.36 bits per heavy atom. The molecule has 1 saturated carbocycles. The van der Waals surface area contributed by atoms with E-state index in [4.69, 9.17) is 62.6 Å². The largest absolute Gasteiger partial charge is 0.511 e. The van der Waals surface area contributed by atoms with Crippen molar-refractivity contribution in [3.63, 3.8) is 0 Å². The third-order valence-corrected chi connectivity index (χ3v) is 20.2. The topological polar surface area (TPSA) is 298 Å². The first-order valence-corrected chi connectivity index (χ1v) is 30.5. The van der Waals surface area contributed by atoms with Gasteiger partial charge in [-0.25, -0.2) is 9.59 Å². The number of alkyl carbamates (subject to hydrolysis) is 1. The van der Waals surface area contributed by atoms with Gasteiger partial charge in [-0.2, -0.15) is 0 Å². The molecule has 5 saturated heterocycles. The van der Waals surface area contributed by atoms with Crippen LogP contribution in [0.25, 0.3) is 0 Å². The Bertz CT molecular complexity index is 2610. The first-order chi connectivity index (χ1) is 40.0. The van der Waals surface area contributed by atoms with E-state index in [9.17, 15) is 34.8 Å². The van der Waals surface area contributed by atoms with Crippen molar-refractivity contribution in [1.29, 1.82) is 0 Å². The highest BCUT2D eigenvalue weighted by Gasteiger charge is 2.64. The number of ketones is 1. The Balaban J connectivity index is 1.02. The second-order valence-electron chi connectivity index (χ2n) is 26.5. The Hall–Kier alpha value is -4.14. The Kier molecular flexibility index (Phi) is 19.8. The third-order valence-electron chi connectivity index (χ3n) is 20.2. The predicted octanol–water partition coefficient (Wildman–Crippen LogP) is 5.83. The predicted molar refractivity (Wildman–Crippen MR) is 304 cm³/mol. The van der Waals surface area contributed by atoms with Crippen LogP contribution in [0, 0.1) is 46.8 Å². The number of hydrogen-bond acceptors (Lipinski definition) is 21. The molecule has 5 heterocycles. The van der Waals surface area contributed by atoms with Gasteiger partial charge >= 0.3 is 18.0 Å². The normalized spacial score (nSPS) is 47.4. The number of rotatable bonds is 12. The van der Waals surface area contributed by atoms with Gasteiger partial charge in [-0.05, 0) is 96.1 Å². The maximum atomic E-state index is 15.7. The van der Waals surface area contributed by atoms with E-state index < -0.39 is 174 Å². The van der Waals surface area contributed by atoms with Crippen molar-refractivity contribution < 1.29 is 96.4 Å².